The highest BCUT2D eigenvalue weighted by atomic mass is 32.1. The van der Waals surface area contributed by atoms with Crippen LogP contribution in [-0.2, 0) is 0 Å². The number of benzene rings is 9. The van der Waals surface area contributed by atoms with Crippen LogP contribution in [0, 0.1) is 0 Å². The van der Waals surface area contributed by atoms with Gasteiger partial charge in [-0.3, -0.25) is 0 Å². The fourth-order valence-electron chi connectivity index (χ4n) is 9.51. The van der Waals surface area contributed by atoms with Gasteiger partial charge in [0.25, 0.3) is 0 Å². The Kier molecular flexibility index (Phi) is 8.01. The molecule has 5 nitrogen and oxygen atoms in total. The van der Waals surface area contributed by atoms with Crippen molar-refractivity contribution >= 4 is 75.1 Å². The number of para-hydroxylation sites is 3. The molecule has 0 aliphatic rings. The van der Waals surface area contributed by atoms with Gasteiger partial charge in [-0.05, 0) is 71.8 Å². The van der Waals surface area contributed by atoms with Crippen molar-refractivity contribution in [1.82, 2.24) is 24.1 Å². The van der Waals surface area contributed by atoms with E-state index in [1.54, 1.807) is 11.3 Å². The molecule has 0 saturated heterocycles. The van der Waals surface area contributed by atoms with Gasteiger partial charge in [0, 0.05) is 69.8 Å². The number of hydrogen-bond donors (Lipinski definition) is 0. The van der Waals surface area contributed by atoms with E-state index in [0.29, 0.717) is 17.5 Å². The second-order valence-corrected chi connectivity index (χ2v) is 17.1. The molecule has 63 heavy (non-hydrogen) atoms. The minimum atomic E-state index is 0.616. The highest BCUT2D eigenvalue weighted by molar-refractivity contribution is 7.25. The average molecular weight is 822 g/mol. The SMILES string of the molecule is c1ccc(-c2nc(-c3ccc4c(c3)sc3ccccc34)nc(-c3cc(-n4c5ccccc5c5cc(-n6c7ccccc7c7ccccc76)ccc54)ccc3-c3ccccc3)n2)cc1. The van der Waals surface area contributed by atoms with E-state index in [1.807, 2.05) is 18.2 Å². The quantitative estimate of drug-likeness (QED) is 0.168. The van der Waals surface area contributed by atoms with E-state index in [4.69, 9.17) is 15.0 Å². The van der Waals surface area contributed by atoms with Crippen LogP contribution in [0.15, 0.2) is 212 Å². The highest BCUT2D eigenvalue weighted by Crippen LogP contribution is 2.41. The molecule has 9 aromatic carbocycles. The lowest BCUT2D eigenvalue weighted by Crippen LogP contribution is -2.02. The van der Waals surface area contributed by atoms with Crippen molar-refractivity contribution in [2.24, 2.45) is 0 Å². The van der Waals surface area contributed by atoms with E-state index in [-0.39, 0.29) is 0 Å². The normalized spacial score (nSPS) is 11.8. The molecule has 0 saturated carbocycles. The highest BCUT2D eigenvalue weighted by Gasteiger charge is 2.21. The van der Waals surface area contributed by atoms with Gasteiger partial charge in [0.1, 0.15) is 0 Å². The lowest BCUT2D eigenvalue weighted by molar-refractivity contribution is 1.07. The van der Waals surface area contributed by atoms with Gasteiger partial charge >= 0.3 is 0 Å². The van der Waals surface area contributed by atoms with Gasteiger partial charge in [-0.25, -0.2) is 15.0 Å². The van der Waals surface area contributed by atoms with Gasteiger partial charge in [0.2, 0.25) is 0 Å². The molecule has 0 atom stereocenters. The number of thiophene rings is 1. The average Bonchev–Trinajstić information content (AvgIpc) is 4.01. The van der Waals surface area contributed by atoms with Gasteiger partial charge in [-0.15, -0.1) is 11.3 Å². The monoisotopic (exact) mass is 821 g/mol. The summed E-state index contributed by atoms with van der Waals surface area (Å²) in [6, 6.07) is 75.7. The van der Waals surface area contributed by atoms with Crippen molar-refractivity contribution in [3.8, 4) is 56.7 Å². The molecule has 0 unspecified atom stereocenters. The Morgan fingerprint density at radius 3 is 1.46 bits per heavy atom. The second-order valence-electron chi connectivity index (χ2n) is 16.0. The third kappa shape index (κ3) is 5.73. The Morgan fingerprint density at radius 2 is 0.778 bits per heavy atom. The third-order valence-corrected chi connectivity index (χ3v) is 13.5. The lowest BCUT2D eigenvalue weighted by atomic mass is 9.98. The van der Waals surface area contributed by atoms with Crippen LogP contribution in [0.1, 0.15) is 0 Å². The number of rotatable bonds is 6. The summed E-state index contributed by atoms with van der Waals surface area (Å²) in [5, 5.41) is 7.38. The van der Waals surface area contributed by atoms with Crippen LogP contribution in [0.5, 0.6) is 0 Å². The van der Waals surface area contributed by atoms with Crippen LogP contribution < -0.4 is 0 Å². The molecule has 0 fully saturated rings. The van der Waals surface area contributed by atoms with Crippen molar-refractivity contribution < 1.29 is 0 Å². The summed E-state index contributed by atoms with van der Waals surface area (Å²) >= 11 is 1.80. The molecule has 6 heteroatoms. The summed E-state index contributed by atoms with van der Waals surface area (Å²) < 4.78 is 7.25. The zero-order valence-electron chi connectivity index (χ0n) is 33.9. The minimum absolute atomic E-state index is 0.616. The van der Waals surface area contributed by atoms with Crippen molar-refractivity contribution in [2.75, 3.05) is 0 Å². The van der Waals surface area contributed by atoms with E-state index in [2.05, 4.69) is 203 Å². The van der Waals surface area contributed by atoms with E-state index >= 15 is 0 Å². The van der Waals surface area contributed by atoms with Crippen molar-refractivity contribution in [2.45, 2.75) is 0 Å². The Labute approximate surface area is 366 Å². The molecule has 13 rings (SSSR count). The predicted molar refractivity (Wildman–Crippen MR) is 263 cm³/mol. The Bertz CT molecular complexity index is 3860. The second kappa shape index (κ2) is 14.2. The molecule has 0 spiro atoms. The fourth-order valence-corrected chi connectivity index (χ4v) is 10.7. The molecule has 4 aromatic heterocycles. The van der Waals surface area contributed by atoms with Crippen LogP contribution in [0.25, 0.3) is 120 Å². The van der Waals surface area contributed by atoms with Crippen LogP contribution in [0.4, 0.5) is 0 Å². The summed E-state index contributed by atoms with van der Waals surface area (Å²) in [7, 11) is 0. The molecule has 0 aliphatic carbocycles. The van der Waals surface area contributed by atoms with Gasteiger partial charge in [0.05, 0.1) is 22.1 Å². The summed E-state index contributed by atoms with van der Waals surface area (Å²) in [5.41, 5.74) is 11.7. The van der Waals surface area contributed by atoms with Gasteiger partial charge in [0.15, 0.2) is 17.5 Å². The van der Waals surface area contributed by atoms with Crippen molar-refractivity contribution in [1.29, 1.82) is 0 Å². The minimum Gasteiger partial charge on any atom is -0.309 e. The number of fused-ring (bicyclic) bond motifs is 9. The number of hydrogen-bond acceptors (Lipinski definition) is 4. The van der Waals surface area contributed by atoms with E-state index in [0.717, 1.165) is 50.2 Å². The van der Waals surface area contributed by atoms with Crippen LogP contribution in [0.3, 0.4) is 0 Å². The van der Waals surface area contributed by atoms with Crippen LogP contribution >= 0.6 is 11.3 Å². The van der Waals surface area contributed by atoms with E-state index in [9.17, 15) is 0 Å². The molecule has 0 amide bonds. The van der Waals surface area contributed by atoms with Gasteiger partial charge in [-0.2, -0.15) is 0 Å². The van der Waals surface area contributed by atoms with Gasteiger partial charge < -0.3 is 9.13 Å². The maximum Gasteiger partial charge on any atom is 0.164 e. The maximum absolute atomic E-state index is 5.35. The topological polar surface area (TPSA) is 48.5 Å². The summed E-state index contributed by atoms with van der Waals surface area (Å²) in [6.45, 7) is 0. The van der Waals surface area contributed by atoms with Crippen molar-refractivity contribution in [3.05, 3.63) is 212 Å². The number of aromatic nitrogens is 5. The molecular weight excluding hydrogens is 787 g/mol. The standard InChI is InChI=1S/C57H35N5S/c1-3-15-36(16-4-1)41-31-28-39(62-51-25-13-9-21-44(51)47-34-40(29-32-52(47)62)61-49-23-11-7-19-42(49)43-20-8-12-24-50(43)61)35-48(41)57-59-55(37-17-5-2-6-18-37)58-56(60-57)38-27-30-46-45-22-10-14-26-53(45)63-54(46)33-38/h1-35H. The molecule has 0 bridgehead atoms. The summed E-state index contributed by atoms with van der Waals surface area (Å²) in [5.74, 6) is 1.88. The molecule has 13 aromatic rings. The van der Waals surface area contributed by atoms with Crippen LogP contribution in [0.2, 0.25) is 0 Å². The van der Waals surface area contributed by atoms with Crippen LogP contribution in [-0.4, -0.2) is 24.1 Å². The Balaban J connectivity index is 1.03. The molecule has 4 heterocycles. The molecule has 294 valence electrons. The smallest absolute Gasteiger partial charge is 0.164 e. The largest absolute Gasteiger partial charge is 0.309 e. The first-order valence-electron chi connectivity index (χ1n) is 21.2. The lowest BCUT2D eigenvalue weighted by Gasteiger charge is -2.16. The first-order valence-corrected chi connectivity index (χ1v) is 22.0. The molecule has 0 radical (unpaired) electrons. The van der Waals surface area contributed by atoms with E-state index in [1.165, 1.54) is 52.8 Å². The summed E-state index contributed by atoms with van der Waals surface area (Å²) in [4.78, 5) is 15.8. The predicted octanol–water partition coefficient (Wildman–Crippen LogP) is 15.1. The third-order valence-electron chi connectivity index (χ3n) is 12.4. The Hall–Kier alpha value is -8.19. The van der Waals surface area contributed by atoms with Crippen molar-refractivity contribution in [3.63, 3.8) is 0 Å². The first kappa shape index (κ1) is 35.6. The summed E-state index contributed by atoms with van der Waals surface area (Å²) in [6.07, 6.45) is 0. The Morgan fingerprint density at radius 1 is 0.286 bits per heavy atom. The molecule has 0 N–H and O–H groups in total. The molecular formula is C57H35N5S. The van der Waals surface area contributed by atoms with E-state index < -0.39 is 0 Å². The zero-order chi connectivity index (χ0) is 41.4. The zero-order valence-corrected chi connectivity index (χ0v) is 34.7. The fraction of sp³-hybridized carbons (Fsp3) is 0. The molecule has 0 aliphatic heterocycles. The first-order chi connectivity index (χ1) is 31.2. The van der Waals surface area contributed by atoms with Gasteiger partial charge in [-0.1, -0.05) is 152 Å². The maximum atomic E-state index is 5.35. The number of nitrogens with zero attached hydrogens (tertiary/aromatic N) is 5.